The van der Waals surface area contributed by atoms with E-state index in [0.29, 0.717) is 17.4 Å². The Bertz CT molecular complexity index is 599. The van der Waals surface area contributed by atoms with Gasteiger partial charge in [-0.1, -0.05) is 24.3 Å². The van der Waals surface area contributed by atoms with Gasteiger partial charge in [0.2, 0.25) is 5.91 Å². The van der Waals surface area contributed by atoms with Crippen LogP contribution in [-0.2, 0) is 4.79 Å². The first-order chi connectivity index (χ1) is 9.67. The third-order valence-electron chi connectivity index (χ3n) is 4.49. The normalized spacial score (nSPS) is 28.1. The first-order valence-electron chi connectivity index (χ1n) is 7.16. The van der Waals surface area contributed by atoms with Crippen LogP contribution in [-0.4, -0.2) is 5.91 Å². The van der Waals surface area contributed by atoms with Gasteiger partial charge in [0.1, 0.15) is 0 Å². The van der Waals surface area contributed by atoms with Gasteiger partial charge >= 0.3 is 0 Å². The quantitative estimate of drug-likeness (QED) is 0.855. The molecule has 1 aromatic rings. The van der Waals surface area contributed by atoms with Crippen molar-refractivity contribution in [2.75, 3.05) is 0 Å². The molecule has 0 aliphatic heterocycles. The van der Waals surface area contributed by atoms with Gasteiger partial charge in [-0.3, -0.25) is 4.79 Å². The summed E-state index contributed by atoms with van der Waals surface area (Å²) in [6, 6.07) is 9.50. The third-order valence-corrected chi connectivity index (χ3v) is 4.49. The van der Waals surface area contributed by atoms with E-state index in [-0.39, 0.29) is 17.9 Å². The first kappa shape index (κ1) is 12.9. The summed E-state index contributed by atoms with van der Waals surface area (Å²) < 4.78 is 0. The third kappa shape index (κ3) is 2.34. The van der Waals surface area contributed by atoms with Gasteiger partial charge in [-0.05, 0) is 49.3 Å². The molecule has 0 saturated heterocycles. The lowest BCUT2D eigenvalue weighted by Gasteiger charge is -2.21. The van der Waals surface area contributed by atoms with Crippen LogP contribution in [0.15, 0.2) is 36.4 Å². The van der Waals surface area contributed by atoms with Gasteiger partial charge < -0.3 is 5.32 Å². The summed E-state index contributed by atoms with van der Waals surface area (Å²) in [5.74, 6) is 1.31. The molecule has 2 bridgehead atoms. The molecule has 0 spiro atoms. The molecule has 1 aromatic carbocycles. The fourth-order valence-electron chi connectivity index (χ4n) is 3.36. The van der Waals surface area contributed by atoms with Crippen LogP contribution in [0.25, 0.3) is 0 Å². The highest BCUT2D eigenvalue weighted by Gasteiger charge is 2.39. The lowest BCUT2D eigenvalue weighted by atomic mass is 9.92. The van der Waals surface area contributed by atoms with Crippen LogP contribution in [0.3, 0.4) is 0 Å². The molecule has 1 amide bonds. The fraction of sp³-hybridized carbons (Fsp3) is 0.412. The van der Waals surface area contributed by atoms with Gasteiger partial charge in [0.15, 0.2) is 0 Å². The van der Waals surface area contributed by atoms with E-state index in [2.05, 4.69) is 23.5 Å². The molecule has 3 heteroatoms. The molecule has 1 N–H and O–H groups in total. The minimum absolute atomic E-state index is 0.0566. The van der Waals surface area contributed by atoms with E-state index in [1.807, 2.05) is 25.1 Å². The van der Waals surface area contributed by atoms with E-state index >= 15 is 0 Å². The predicted molar refractivity (Wildman–Crippen MR) is 76.6 cm³/mol. The Labute approximate surface area is 119 Å². The maximum Gasteiger partial charge on any atom is 0.224 e. The minimum Gasteiger partial charge on any atom is -0.349 e. The molecule has 4 atom stereocenters. The second-order valence-electron chi connectivity index (χ2n) is 5.85. The van der Waals surface area contributed by atoms with E-state index in [1.54, 1.807) is 6.07 Å². The van der Waals surface area contributed by atoms with Gasteiger partial charge in [0, 0.05) is 5.92 Å². The molecule has 0 heterocycles. The number of amides is 1. The molecular formula is C17H18N2O. The summed E-state index contributed by atoms with van der Waals surface area (Å²) in [4.78, 5) is 12.4. The molecule has 102 valence electrons. The molecule has 20 heavy (non-hydrogen) atoms. The topological polar surface area (TPSA) is 52.9 Å². The summed E-state index contributed by atoms with van der Waals surface area (Å²) in [7, 11) is 0. The maximum atomic E-state index is 12.4. The van der Waals surface area contributed by atoms with Crippen molar-refractivity contribution in [1.82, 2.24) is 5.32 Å². The highest BCUT2D eigenvalue weighted by Crippen LogP contribution is 2.43. The minimum atomic E-state index is -0.0566. The number of allylic oxidation sites excluding steroid dienone is 2. The van der Waals surface area contributed by atoms with E-state index in [1.165, 1.54) is 0 Å². The average Bonchev–Trinajstić information content (AvgIpc) is 3.10. The van der Waals surface area contributed by atoms with Crippen molar-refractivity contribution in [1.29, 1.82) is 5.26 Å². The molecule has 0 aromatic heterocycles. The lowest BCUT2D eigenvalue weighted by Crippen LogP contribution is -2.34. The number of nitriles is 1. The molecule has 3 nitrogen and oxygen atoms in total. The molecule has 1 saturated carbocycles. The van der Waals surface area contributed by atoms with Crippen LogP contribution in [0.5, 0.6) is 0 Å². The maximum absolute atomic E-state index is 12.4. The van der Waals surface area contributed by atoms with Crippen LogP contribution in [0.1, 0.15) is 36.9 Å². The van der Waals surface area contributed by atoms with Crippen molar-refractivity contribution in [3.8, 4) is 6.07 Å². The smallest absolute Gasteiger partial charge is 0.224 e. The Morgan fingerprint density at radius 3 is 2.90 bits per heavy atom. The Morgan fingerprint density at radius 1 is 1.40 bits per heavy atom. The van der Waals surface area contributed by atoms with E-state index in [9.17, 15) is 4.79 Å². The van der Waals surface area contributed by atoms with E-state index in [4.69, 9.17) is 5.26 Å². The van der Waals surface area contributed by atoms with Crippen molar-refractivity contribution >= 4 is 5.91 Å². The summed E-state index contributed by atoms with van der Waals surface area (Å²) in [5.41, 5.74) is 1.61. The van der Waals surface area contributed by atoms with Gasteiger partial charge in [0.25, 0.3) is 0 Å². The Kier molecular flexibility index (Phi) is 3.31. The van der Waals surface area contributed by atoms with Crippen LogP contribution in [0, 0.1) is 29.1 Å². The zero-order valence-electron chi connectivity index (χ0n) is 11.5. The number of fused-ring (bicyclic) bond motifs is 2. The summed E-state index contributed by atoms with van der Waals surface area (Å²) in [5, 5.41) is 12.0. The zero-order chi connectivity index (χ0) is 14.1. The average molecular weight is 266 g/mol. The van der Waals surface area contributed by atoms with Crippen molar-refractivity contribution in [3.63, 3.8) is 0 Å². The molecule has 2 aliphatic carbocycles. The predicted octanol–water partition coefficient (Wildman–Crippen LogP) is 2.95. The van der Waals surface area contributed by atoms with Crippen molar-refractivity contribution in [2.45, 2.75) is 25.8 Å². The second kappa shape index (κ2) is 5.13. The fourth-order valence-corrected chi connectivity index (χ4v) is 3.36. The van der Waals surface area contributed by atoms with Gasteiger partial charge in [-0.2, -0.15) is 5.26 Å². The summed E-state index contributed by atoms with van der Waals surface area (Å²) >= 11 is 0. The molecule has 4 unspecified atom stereocenters. The first-order valence-corrected chi connectivity index (χ1v) is 7.16. The van der Waals surface area contributed by atoms with Crippen molar-refractivity contribution < 1.29 is 4.79 Å². The highest BCUT2D eigenvalue weighted by molar-refractivity contribution is 5.80. The molecule has 1 fully saturated rings. The molecule has 3 rings (SSSR count). The van der Waals surface area contributed by atoms with E-state index in [0.717, 1.165) is 18.4 Å². The van der Waals surface area contributed by atoms with Crippen LogP contribution < -0.4 is 5.32 Å². The number of hydrogen-bond acceptors (Lipinski definition) is 2. The summed E-state index contributed by atoms with van der Waals surface area (Å²) in [6.45, 7) is 1.97. The van der Waals surface area contributed by atoms with Gasteiger partial charge in [-0.15, -0.1) is 0 Å². The van der Waals surface area contributed by atoms with Crippen molar-refractivity contribution in [2.24, 2.45) is 17.8 Å². The van der Waals surface area contributed by atoms with E-state index < -0.39 is 0 Å². The van der Waals surface area contributed by atoms with Crippen LogP contribution in [0.4, 0.5) is 0 Å². The Hall–Kier alpha value is -2.08. The number of carbonyl (C=O) groups excluding carboxylic acids is 1. The number of nitrogens with zero attached hydrogens (tertiary/aromatic N) is 1. The van der Waals surface area contributed by atoms with Crippen LogP contribution >= 0.6 is 0 Å². The molecule has 0 radical (unpaired) electrons. The molecular weight excluding hydrogens is 248 g/mol. The number of carbonyl (C=O) groups is 1. The van der Waals surface area contributed by atoms with Crippen LogP contribution in [0.2, 0.25) is 0 Å². The standard InChI is InChI=1S/C17H18N2O/c1-11(14-4-2-3-13(8-14)10-18)19-17(20)16-9-12-5-6-15(16)7-12/h2-6,8,11-12,15-16H,7,9H2,1H3,(H,19,20). The monoisotopic (exact) mass is 266 g/mol. The van der Waals surface area contributed by atoms with Gasteiger partial charge in [-0.25, -0.2) is 0 Å². The number of hydrogen-bond donors (Lipinski definition) is 1. The number of rotatable bonds is 3. The Morgan fingerprint density at radius 2 is 2.25 bits per heavy atom. The second-order valence-corrected chi connectivity index (χ2v) is 5.85. The Balaban J connectivity index is 1.66. The lowest BCUT2D eigenvalue weighted by molar-refractivity contribution is -0.126. The van der Waals surface area contributed by atoms with Gasteiger partial charge in [0.05, 0.1) is 17.7 Å². The highest BCUT2D eigenvalue weighted by atomic mass is 16.2. The summed E-state index contributed by atoms with van der Waals surface area (Å²) in [6.07, 6.45) is 6.56. The number of nitrogens with one attached hydrogen (secondary N) is 1. The number of benzene rings is 1. The zero-order valence-corrected chi connectivity index (χ0v) is 11.5. The van der Waals surface area contributed by atoms with Crippen molar-refractivity contribution in [3.05, 3.63) is 47.5 Å². The SMILES string of the molecule is CC(NC(=O)C1CC2C=CC1C2)c1cccc(C#N)c1. The molecule has 2 aliphatic rings. The largest absolute Gasteiger partial charge is 0.349 e.